The van der Waals surface area contributed by atoms with Crippen LogP contribution in [0.5, 0.6) is 0 Å². The molecule has 0 rings (SSSR count). The molecule has 4 nitrogen and oxygen atoms in total. The van der Waals surface area contributed by atoms with Gasteiger partial charge in [0.1, 0.15) is 0 Å². The summed E-state index contributed by atoms with van der Waals surface area (Å²) in [5, 5.41) is 0. The predicted molar refractivity (Wildman–Crippen MR) is 58.8 cm³/mol. The second kappa shape index (κ2) is 5.98. The minimum Gasteiger partial charge on any atom is -0.370 e. The van der Waals surface area contributed by atoms with E-state index in [0.717, 1.165) is 13.0 Å². The highest BCUT2D eigenvalue weighted by Gasteiger charge is 2.27. The fraction of sp³-hybridized carbons (Fsp3) is 0.900. The van der Waals surface area contributed by atoms with Gasteiger partial charge in [0.15, 0.2) is 0 Å². The van der Waals surface area contributed by atoms with Crippen molar-refractivity contribution in [2.45, 2.75) is 39.2 Å². The van der Waals surface area contributed by atoms with E-state index in [1.165, 1.54) is 0 Å². The number of amides is 1. The summed E-state index contributed by atoms with van der Waals surface area (Å²) in [6.45, 7) is 8.51. The van der Waals surface area contributed by atoms with Gasteiger partial charge in [-0.3, -0.25) is 9.69 Å². The number of hydrogen-bond acceptors (Lipinski definition) is 3. The molecule has 1 atom stereocenters. The molecule has 0 heterocycles. The third-order valence-electron chi connectivity index (χ3n) is 2.97. The molecule has 0 aromatic carbocycles. The van der Waals surface area contributed by atoms with Gasteiger partial charge in [-0.1, -0.05) is 13.8 Å². The number of likely N-dealkylation sites (N-methyl/N-ethyl adjacent to an activating group) is 1. The van der Waals surface area contributed by atoms with Crippen molar-refractivity contribution in [3.05, 3.63) is 0 Å². The second-order valence-electron chi connectivity index (χ2n) is 3.85. The molecule has 0 saturated heterocycles. The van der Waals surface area contributed by atoms with E-state index in [9.17, 15) is 4.79 Å². The zero-order valence-electron chi connectivity index (χ0n) is 9.55. The maximum atomic E-state index is 10.7. The number of primary amides is 1. The van der Waals surface area contributed by atoms with Crippen LogP contribution in [0.4, 0.5) is 0 Å². The summed E-state index contributed by atoms with van der Waals surface area (Å²) in [6, 6.07) is 0. The summed E-state index contributed by atoms with van der Waals surface area (Å²) in [5.74, 6) is -0.251. The van der Waals surface area contributed by atoms with E-state index in [1.807, 2.05) is 0 Å². The lowest BCUT2D eigenvalue weighted by Crippen LogP contribution is -2.52. The van der Waals surface area contributed by atoms with E-state index in [2.05, 4.69) is 25.7 Å². The minimum absolute atomic E-state index is 0.00972. The smallest absolute Gasteiger partial charge is 0.218 e. The largest absolute Gasteiger partial charge is 0.370 e. The highest BCUT2D eigenvalue weighted by molar-refractivity contribution is 5.73. The zero-order valence-corrected chi connectivity index (χ0v) is 9.55. The van der Waals surface area contributed by atoms with E-state index in [-0.39, 0.29) is 11.4 Å². The molecule has 0 spiro atoms. The number of carbonyl (C=O) groups is 1. The zero-order chi connectivity index (χ0) is 11.2. The number of carbonyl (C=O) groups excluding carboxylic acids is 1. The van der Waals surface area contributed by atoms with E-state index < -0.39 is 0 Å². The van der Waals surface area contributed by atoms with E-state index in [1.54, 1.807) is 0 Å². The molecule has 0 bridgehead atoms. The van der Waals surface area contributed by atoms with E-state index >= 15 is 0 Å². The van der Waals surface area contributed by atoms with Crippen LogP contribution < -0.4 is 11.5 Å². The summed E-state index contributed by atoms with van der Waals surface area (Å²) < 4.78 is 0. The molecule has 0 aliphatic heterocycles. The molecular weight excluding hydrogens is 178 g/mol. The average Bonchev–Trinajstić information content (AvgIpc) is 2.17. The van der Waals surface area contributed by atoms with Gasteiger partial charge in [0.2, 0.25) is 5.91 Å². The fourth-order valence-corrected chi connectivity index (χ4v) is 1.55. The van der Waals surface area contributed by atoms with Gasteiger partial charge in [-0.2, -0.15) is 0 Å². The Balaban J connectivity index is 4.29. The highest BCUT2D eigenvalue weighted by Crippen LogP contribution is 2.17. The fourth-order valence-electron chi connectivity index (χ4n) is 1.55. The van der Waals surface area contributed by atoms with Crippen LogP contribution in [0, 0.1) is 0 Å². The number of nitrogens with two attached hydrogens (primary N) is 2. The SMILES string of the molecule is CCN(CCC(N)=O)C(C)(CC)CN. The Morgan fingerprint density at radius 1 is 1.43 bits per heavy atom. The minimum atomic E-state index is -0.251. The van der Waals surface area contributed by atoms with E-state index in [0.29, 0.717) is 19.5 Å². The summed E-state index contributed by atoms with van der Waals surface area (Å²) >= 11 is 0. The van der Waals surface area contributed by atoms with Gasteiger partial charge < -0.3 is 11.5 Å². The van der Waals surface area contributed by atoms with E-state index in [4.69, 9.17) is 11.5 Å². The normalized spacial score (nSPS) is 15.5. The molecule has 4 heteroatoms. The van der Waals surface area contributed by atoms with Gasteiger partial charge in [0.05, 0.1) is 0 Å². The first-order chi connectivity index (χ1) is 6.50. The second-order valence-corrected chi connectivity index (χ2v) is 3.85. The van der Waals surface area contributed by atoms with Gasteiger partial charge in [-0.15, -0.1) is 0 Å². The molecule has 4 N–H and O–H groups in total. The molecule has 0 aliphatic carbocycles. The van der Waals surface area contributed by atoms with Gasteiger partial charge in [0, 0.05) is 25.0 Å². The number of hydrogen-bond donors (Lipinski definition) is 2. The first-order valence-electron chi connectivity index (χ1n) is 5.23. The average molecular weight is 201 g/mol. The topological polar surface area (TPSA) is 72.3 Å². The van der Waals surface area contributed by atoms with Crippen LogP contribution in [0.1, 0.15) is 33.6 Å². The molecule has 1 unspecified atom stereocenters. The molecule has 14 heavy (non-hydrogen) atoms. The van der Waals surface area contributed by atoms with Crippen molar-refractivity contribution in [2.24, 2.45) is 11.5 Å². The maximum Gasteiger partial charge on any atom is 0.218 e. The van der Waals surface area contributed by atoms with Gasteiger partial charge in [-0.25, -0.2) is 0 Å². The summed E-state index contributed by atoms with van der Waals surface area (Å²) in [6.07, 6.45) is 1.39. The lowest BCUT2D eigenvalue weighted by atomic mass is 9.96. The van der Waals surface area contributed by atoms with Crippen LogP contribution >= 0.6 is 0 Å². The molecule has 0 saturated carbocycles. The summed E-state index contributed by atoms with van der Waals surface area (Å²) in [4.78, 5) is 12.9. The molecule has 0 fully saturated rings. The van der Waals surface area contributed by atoms with Crippen LogP contribution in [0.15, 0.2) is 0 Å². The molecule has 0 radical (unpaired) electrons. The van der Waals surface area contributed by atoms with Crippen molar-refractivity contribution in [1.82, 2.24) is 4.90 Å². The van der Waals surface area contributed by atoms with Gasteiger partial charge >= 0.3 is 0 Å². The molecule has 84 valence electrons. The van der Waals surface area contributed by atoms with Crippen molar-refractivity contribution in [3.8, 4) is 0 Å². The van der Waals surface area contributed by atoms with Gasteiger partial charge in [0.25, 0.3) is 0 Å². The quantitative estimate of drug-likeness (QED) is 0.622. The summed E-state index contributed by atoms with van der Waals surface area (Å²) in [5.41, 5.74) is 10.9. The summed E-state index contributed by atoms with van der Waals surface area (Å²) in [7, 11) is 0. The highest BCUT2D eigenvalue weighted by atomic mass is 16.1. The van der Waals surface area contributed by atoms with Crippen LogP contribution in [0.25, 0.3) is 0 Å². The Bertz CT molecular complexity index is 178. The Morgan fingerprint density at radius 3 is 2.29 bits per heavy atom. The molecule has 0 aromatic heterocycles. The monoisotopic (exact) mass is 201 g/mol. The van der Waals surface area contributed by atoms with Crippen LogP contribution in [0.2, 0.25) is 0 Å². The Kier molecular flexibility index (Phi) is 5.72. The van der Waals surface area contributed by atoms with Crippen molar-refractivity contribution in [1.29, 1.82) is 0 Å². The van der Waals surface area contributed by atoms with Crippen molar-refractivity contribution < 1.29 is 4.79 Å². The lowest BCUT2D eigenvalue weighted by molar-refractivity contribution is -0.118. The lowest BCUT2D eigenvalue weighted by Gasteiger charge is -2.39. The third kappa shape index (κ3) is 3.64. The van der Waals surface area contributed by atoms with Gasteiger partial charge in [-0.05, 0) is 19.9 Å². The van der Waals surface area contributed by atoms with Crippen molar-refractivity contribution >= 4 is 5.91 Å². The molecule has 0 aliphatic rings. The maximum absolute atomic E-state index is 10.7. The predicted octanol–water partition coefficient (Wildman–Crippen LogP) is 0.311. The Labute approximate surface area is 86.6 Å². The van der Waals surface area contributed by atoms with Crippen molar-refractivity contribution in [2.75, 3.05) is 19.6 Å². The van der Waals surface area contributed by atoms with Crippen LogP contribution in [-0.4, -0.2) is 36.0 Å². The first-order valence-corrected chi connectivity index (χ1v) is 5.23. The van der Waals surface area contributed by atoms with Crippen molar-refractivity contribution in [3.63, 3.8) is 0 Å². The third-order valence-corrected chi connectivity index (χ3v) is 2.97. The molecule has 0 aromatic rings. The van der Waals surface area contributed by atoms with Crippen LogP contribution in [0.3, 0.4) is 0 Å². The number of nitrogens with zero attached hydrogens (tertiary/aromatic N) is 1. The first kappa shape index (κ1) is 13.4. The number of rotatable bonds is 7. The molecule has 1 amide bonds. The van der Waals surface area contributed by atoms with Crippen LogP contribution in [-0.2, 0) is 4.79 Å². The Hall–Kier alpha value is -0.610. The Morgan fingerprint density at radius 2 is 2.00 bits per heavy atom. The molecular formula is C10H23N3O. The standard InChI is InChI=1S/C10H23N3O/c1-4-10(3,8-11)13(5-2)7-6-9(12)14/h4-8,11H2,1-3H3,(H2,12,14).